The molecule has 0 heterocycles. The molecule has 6 heteroatoms. The van der Waals surface area contributed by atoms with Crippen molar-refractivity contribution in [1.29, 1.82) is 0 Å². The molecule has 0 aromatic carbocycles. The van der Waals surface area contributed by atoms with Gasteiger partial charge < -0.3 is 14.2 Å². The molecule has 0 aromatic heterocycles. The smallest absolute Gasteiger partial charge is 0.306 e. The standard InChI is InChI=1S/C61H94O6/c1-4-7-10-13-16-19-22-25-27-29-30-32-33-36-39-42-45-48-51-54-60(63)66-57-58(56-65-59(62)53-50-47-44-41-38-35-24-21-18-15-12-9-6-3)67-61(64)55-52-49-46-43-40-37-34-31-28-26-23-20-17-14-11-8-5-2/h8-9,11-12,14-26,28,31,34-35,37-38,40,58H,4-7,10,13,27,29-30,32-33,36,39,41-57H2,1-3H3/b11-8+,12-9+,17-14+,18-15+,19-16+,23-20+,24-21+,25-22+,28-26+,34-31+,38-35+,40-37+. The van der Waals surface area contributed by atoms with Crippen LogP contribution in [-0.2, 0) is 28.6 Å². The molecule has 374 valence electrons. The summed E-state index contributed by atoms with van der Waals surface area (Å²) in [5, 5.41) is 0. The predicted octanol–water partition coefficient (Wildman–Crippen LogP) is 17.6. The highest BCUT2D eigenvalue weighted by molar-refractivity contribution is 5.71. The van der Waals surface area contributed by atoms with Crippen LogP contribution in [0.3, 0.4) is 0 Å². The Hall–Kier alpha value is -4.71. The molecule has 0 N–H and O–H groups in total. The lowest BCUT2D eigenvalue weighted by Gasteiger charge is -2.18. The van der Waals surface area contributed by atoms with Gasteiger partial charge in [0.2, 0.25) is 0 Å². The highest BCUT2D eigenvalue weighted by Crippen LogP contribution is 2.14. The van der Waals surface area contributed by atoms with Gasteiger partial charge in [-0.15, -0.1) is 0 Å². The van der Waals surface area contributed by atoms with Crippen molar-refractivity contribution in [2.45, 2.75) is 207 Å². The van der Waals surface area contributed by atoms with E-state index >= 15 is 0 Å². The number of carbonyl (C=O) groups excluding carboxylic acids is 3. The molecule has 0 aliphatic rings. The van der Waals surface area contributed by atoms with Gasteiger partial charge in [0.15, 0.2) is 6.10 Å². The highest BCUT2D eigenvalue weighted by Gasteiger charge is 2.19. The normalized spacial score (nSPS) is 13.3. The number of rotatable bonds is 45. The molecule has 0 fully saturated rings. The Balaban J connectivity index is 4.54. The van der Waals surface area contributed by atoms with Gasteiger partial charge in [-0.25, -0.2) is 0 Å². The van der Waals surface area contributed by atoms with Crippen LogP contribution in [0.15, 0.2) is 146 Å². The molecule has 0 bridgehead atoms. The SMILES string of the molecule is CC/C=C/C=C/C=C/C=C/C=C/C=C/CCCCCC(=O)OC(COC(=O)CCCCC/C=C/C=C/C=C/C=C/CC)COC(=O)CCCCCCCCCCCC/C=C/C=C/CCCCC. The molecular formula is C61H94O6. The predicted molar refractivity (Wildman–Crippen MR) is 288 cm³/mol. The number of unbranched alkanes of at least 4 members (excludes halogenated alkanes) is 19. The molecule has 0 spiro atoms. The van der Waals surface area contributed by atoms with Crippen molar-refractivity contribution in [1.82, 2.24) is 0 Å². The van der Waals surface area contributed by atoms with E-state index in [1.165, 1.54) is 77.0 Å². The second-order valence-corrected chi connectivity index (χ2v) is 16.9. The summed E-state index contributed by atoms with van der Waals surface area (Å²) >= 11 is 0. The third-order valence-corrected chi connectivity index (χ3v) is 10.6. The molecular weight excluding hydrogens is 829 g/mol. The molecule has 0 rings (SSSR count). The van der Waals surface area contributed by atoms with E-state index in [1.807, 2.05) is 97.2 Å². The quantitative estimate of drug-likeness (QED) is 0.0262. The molecule has 0 aliphatic carbocycles. The van der Waals surface area contributed by atoms with Crippen molar-refractivity contribution in [3.8, 4) is 0 Å². The minimum atomic E-state index is -0.825. The fourth-order valence-corrected chi connectivity index (χ4v) is 6.65. The van der Waals surface area contributed by atoms with Crippen LogP contribution < -0.4 is 0 Å². The van der Waals surface area contributed by atoms with E-state index in [0.717, 1.165) is 77.0 Å². The van der Waals surface area contributed by atoms with Gasteiger partial charge >= 0.3 is 17.9 Å². The Kier molecular flexibility index (Phi) is 50.1. The summed E-state index contributed by atoms with van der Waals surface area (Å²) in [6, 6.07) is 0. The van der Waals surface area contributed by atoms with Crippen LogP contribution in [0.2, 0.25) is 0 Å². The van der Waals surface area contributed by atoms with Crippen molar-refractivity contribution >= 4 is 17.9 Å². The van der Waals surface area contributed by atoms with Crippen LogP contribution in [0.1, 0.15) is 201 Å². The van der Waals surface area contributed by atoms with Crippen molar-refractivity contribution in [2.75, 3.05) is 13.2 Å². The first-order valence-electron chi connectivity index (χ1n) is 26.5. The number of allylic oxidation sites excluding steroid dienone is 24. The third kappa shape index (κ3) is 52.1. The minimum absolute atomic E-state index is 0.117. The molecule has 6 nitrogen and oxygen atoms in total. The largest absolute Gasteiger partial charge is 0.462 e. The third-order valence-electron chi connectivity index (χ3n) is 10.6. The van der Waals surface area contributed by atoms with Crippen LogP contribution in [-0.4, -0.2) is 37.2 Å². The van der Waals surface area contributed by atoms with E-state index in [2.05, 4.69) is 69.4 Å². The Labute approximate surface area is 410 Å². The first-order chi connectivity index (χ1) is 33.0. The van der Waals surface area contributed by atoms with Crippen LogP contribution in [0.4, 0.5) is 0 Å². The Morgan fingerprint density at radius 3 is 0.940 bits per heavy atom. The molecule has 0 saturated heterocycles. The Bertz CT molecular complexity index is 1530. The van der Waals surface area contributed by atoms with Gasteiger partial charge in [0.1, 0.15) is 13.2 Å². The maximum atomic E-state index is 12.8. The van der Waals surface area contributed by atoms with Crippen LogP contribution in [0.25, 0.3) is 0 Å². The van der Waals surface area contributed by atoms with Crippen molar-refractivity contribution in [3.63, 3.8) is 0 Å². The van der Waals surface area contributed by atoms with Gasteiger partial charge in [-0.3, -0.25) is 14.4 Å². The van der Waals surface area contributed by atoms with E-state index in [4.69, 9.17) is 14.2 Å². The van der Waals surface area contributed by atoms with Crippen LogP contribution in [0, 0.1) is 0 Å². The number of hydrogen-bond donors (Lipinski definition) is 0. The maximum absolute atomic E-state index is 12.8. The Morgan fingerprint density at radius 1 is 0.313 bits per heavy atom. The number of esters is 3. The molecule has 1 unspecified atom stereocenters. The zero-order valence-electron chi connectivity index (χ0n) is 42.6. The van der Waals surface area contributed by atoms with Gasteiger partial charge in [-0.05, 0) is 83.5 Å². The summed E-state index contributed by atoms with van der Waals surface area (Å²) in [6.45, 7) is 6.23. The lowest BCUT2D eigenvalue weighted by Crippen LogP contribution is -2.30. The fourth-order valence-electron chi connectivity index (χ4n) is 6.65. The molecule has 0 radical (unpaired) electrons. The number of hydrogen-bond acceptors (Lipinski definition) is 6. The summed E-state index contributed by atoms with van der Waals surface area (Å²) in [5.74, 6) is -1.02. The van der Waals surface area contributed by atoms with E-state index in [-0.39, 0.29) is 37.5 Å². The maximum Gasteiger partial charge on any atom is 0.306 e. The average molecular weight is 923 g/mol. The second kappa shape index (κ2) is 53.9. The molecule has 1 atom stereocenters. The summed E-state index contributed by atoms with van der Waals surface area (Å²) < 4.78 is 16.7. The number of ether oxygens (including phenoxy) is 3. The molecule has 67 heavy (non-hydrogen) atoms. The molecule has 0 saturated carbocycles. The van der Waals surface area contributed by atoms with Gasteiger partial charge in [-0.1, -0.05) is 244 Å². The van der Waals surface area contributed by atoms with E-state index in [9.17, 15) is 14.4 Å². The zero-order chi connectivity index (χ0) is 48.6. The van der Waals surface area contributed by atoms with E-state index in [0.29, 0.717) is 19.3 Å². The first kappa shape index (κ1) is 62.3. The van der Waals surface area contributed by atoms with Gasteiger partial charge in [0.25, 0.3) is 0 Å². The lowest BCUT2D eigenvalue weighted by molar-refractivity contribution is -0.167. The van der Waals surface area contributed by atoms with Crippen molar-refractivity contribution < 1.29 is 28.6 Å². The van der Waals surface area contributed by atoms with E-state index in [1.54, 1.807) is 0 Å². The van der Waals surface area contributed by atoms with Gasteiger partial charge in [-0.2, -0.15) is 0 Å². The molecule has 0 aliphatic heterocycles. The molecule has 0 aromatic rings. The average Bonchev–Trinajstić information content (AvgIpc) is 3.33. The van der Waals surface area contributed by atoms with Crippen LogP contribution in [0.5, 0.6) is 0 Å². The van der Waals surface area contributed by atoms with Crippen molar-refractivity contribution in [2.24, 2.45) is 0 Å². The van der Waals surface area contributed by atoms with Gasteiger partial charge in [0.05, 0.1) is 0 Å². The van der Waals surface area contributed by atoms with Crippen molar-refractivity contribution in [3.05, 3.63) is 146 Å². The highest BCUT2D eigenvalue weighted by atomic mass is 16.6. The van der Waals surface area contributed by atoms with Crippen LogP contribution >= 0.6 is 0 Å². The van der Waals surface area contributed by atoms with Gasteiger partial charge in [0, 0.05) is 19.3 Å². The number of carbonyl (C=O) groups is 3. The molecule has 0 amide bonds. The zero-order valence-corrected chi connectivity index (χ0v) is 42.6. The summed E-state index contributed by atoms with van der Waals surface area (Å²) in [4.78, 5) is 38.0. The lowest BCUT2D eigenvalue weighted by atomic mass is 10.1. The second-order valence-electron chi connectivity index (χ2n) is 16.9. The summed E-state index contributed by atoms with van der Waals surface area (Å²) in [5.41, 5.74) is 0. The minimum Gasteiger partial charge on any atom is -0.462 e. The monoisotopic (exact) mass is 923 g/mol. The van der Waals surface area contributed by atoms with E-state index < -0.39 is 6.10 Å². The summed E-state index contributed by atoms with van der Waals surface area (Å²) in [6.07, 6.45) is 76.8. The Morgan fingerprint density at radius 2 is 0.582 bits per heavy atom. The first-order valence-corrected chi connectivity index (χ1v) is 26.5. The summed E-state index contributed by atoms with van der Waals surface area (Å²) in [7, 11) is 0. The fraction of sp³-hybridized carbons (Fsp3) is 0.557. The topological polar surface area (TPSA) is 78.9 Å².